The highest BCUT2D eigenvalue weighted by Gasteiger charge is 2.03. The summed E-state index contributed by atoms with van der Waals surface area (Å²) in [6.45, 7) is 0.240. The zero-order chi connectivity index (χ0) is 8.97. The quantitative estimate of drug-likeness (QED) is 0.659. The van der Waals surface area contributed by atoms with Crippen LogP contribution in [0.1, 0.15) is 12.5 Å². The molecule has 2 N–H and O–H groups in total. The number of aliphatic hydroxyl groups is 2. The number of rotatable bonds is 3. The molecule has 0 saturated carbocycles. The largest absolute Gasteiger partial charge is 0.441 e. The van der Waals surface area contributed by atoms with Crippen molar-refractivity contribution in [3.63, 3.8) is 0 Å². The molecule has 0 unspecified atom stereocenters. The molecule has 0 aliphatic rings. The molecule has 0 fully saturated rings. The molecular formula is C9H12O3. The first-order chi connectivity index (χ1) is 5.74. The van der Waals surface area contributed by atoms with Crippen LogP contribution in [-0.2, 0) is 6.42 Å². The van der Waals surface area contributed by atoms with Gasteiger partial charge in [-0.25, -0.2) is 0 Å². The molecule has 0 heterocycles. The molecule has 0 amide bonds. The average Bonchev–Trinajstić information content (AvgIpc) is 2.04. The van der Waals surface area contributed by atoms with E-state index in [4.69, 9.17) is 14.9 Å². The summed E-state index contributed by atoms with van der Waals surface area (Å²) in [5.74, 6) is 0.523. The van der Waals surface area contributed by atoms with Crippen LogP contribution < -0.4 is 4.74 Å². The first-order valence-corrected chi connectivity index (χ1v) is 3.84. The fourth-order valence-electron chi connectivity index (χ4n) is 1.02. The van der Waals surface area contributed by atoms with E-state index < -0.39 is 6.48 Å². The minimum atomic E-state index is -1.74. The van der Waals surface area contributed by atoms with Crippen molar-refractivity contribution in [1.29, 1.82) is 0 Å². The zero-order valence-electron chi connectivity index (χ0n) is 6.90. The maximum absolute atomic E-state index is 8.56. The van der Waals surface area contributed by atoms with Gasteiger partial charge in [0.1, 0.15) is 5.75 Å². The van der Waals surface area contributed by atoms with Gasteiger partial charge in [-0.3, -0.25) is 0 Å². The molecule has 0 atom stereocenters. The molecule has 0 aliphatic carbocycles. The molecule has 0 aromatic heterocycles. The van der Waals surface area contributed by atoms with Gasteiger partial charge in [0.15, 0.2) is 0 Å². The second-order valence-corrected chi connectivity index (χ2v) is 2.41. The smallest absolute Gasteiger partial charge is 0.310 e. The molecule has 1 rings (SSSR count). The summed E-state index contributed by atoms with van der Waals surface area (Å²) in [5, 5.41) is 17.1. The highest BCUT2D eigenvalue weighted by molar-refractivity contribution is 5.32. The monoisotopic (exact) mass is 168 g/mol. The van der Waals surface area contributed by atoms with Gasteiger partial charge >= 0.3 is 6.48 Å². The van der Waals surface area contributed by atoms with Gasteiger partial charge < -0.3 is 14.9 Å². The number of para-hydroxylation sites is 1. The number of aryl methyl sites for hydroxylation is 1. The summed E-state index contributed by atoms with van der Waals surface area (Å²) >= 11 is 0. The van der Waals surface area contributed by atoms with E-state index in [1.165, 1.54) is 0 Å². The lowest BCUT2D eigenvalue weighted by Crippen LogP contribution is -2.14. The SMILES string of the molecule is CCc1ccccc1OC(O)O. The first-order valence-electron chi connectivity index (χ1n) is 3.84. The summed E-state index contributed by atoms with van der Waals surface area (Å²) in [6.07, 6.45) is 0.808. The van der Waals surface area contributed by atoms with Crippen molar-refractivity contribution in [2.45, 2.75) is 19.8 Å². The van der Waals surface area contributed by atoms with Crippen LogP contribution in [-0.4, -0.2) is 16.7 Å². The summed E-state index contributed by atoms with van der Waals surface area (Å²) < 4.78 is 4.75. The second kappa shape index (κ2) is 4.09. The summed E-state index contributed by atoms with van der Waals surface area (Å²) in [5.41, 5.74) is 0.964. The minimum Gasteiger partial charge on any atom is -0.441 e. The highest BCUT2D eigenvalue weighted by Crippen LogP contribution is 2.18. The molecular weight excluding hydrogens is 156 g/mol. The fourth-order valence-corrected chi connectivity index (χ4v) is 1.02. The third kappa shape index (κ3) is 2.22. The topological polar surface area (TPSA) is 49.7 Å². The van der Waals surface area contributed by atoms with E-state index in [2.05, 4.69) is 0 Å². The van der Waals surface area contributed by atoms with E-state index in [1.807, 2.05) is 19.1 Å². The summed E-state index contributed by atoms with van der Waals surface area (Å²) in [4.78, 5) is 0. The van der Waals surface area contributed by atoms with Gasteiger partial charge in [-0.2, -0.15) is 0 Å². The van der Waals surface area contributed by atoms with E-state index >= 15 is 0 Å². The van der Waals surface area contributed by atoms with E-state index in [9.17, 15) is 0 Å². The van der Waals surface area contributed by atoms with E-state index in [0.717, 1.165) is 12.0 Å². The number of hydrogen-bond donors (Lipinski definition) is 2. The number of hydrogen-bond acceptors (Lipinski definition) is 3. The predicted molar refractivity (Wildman–Crippen MR) is 44.7 cm³/mol. The van der Waals surface area contributed by atoms with Crippen LogP contribution in [0.5, 0.6) is 5.75 Å². The molecule has 0 radical (unpaired) electrons. The van der Waals surface area contributed by atoms with Crippen molar-refractivity contribution in [3.05, 3.63) is 29.8 Å². The number of ether oxygens (including phenoxy) is 1. The Morgan fingerprint density at radius 3 is 2.58 bits per heavy atom. The second-order valence-electron chi connectivity index (χ2n) is 2.41. The van der Waals surface area contributed by atoms with Crippen LogP contribution in [0.4, 0.5) is 0 Å². The lowest BCUT2D eigenvalue weighted by Gasteiger charge is -2.10. The van der Waals surface area contributed by atoms with E-state index in [-0.39, 0.29) is 0 Å². The maximum atomic E-state index is 8.56. The third-order valence-electron chi connectivity index (χ3n) is 1.59. The summed E-state index contributed by atoms with van der Waals surface area (Å²) in [7, 11) is 0. The average molecular weight is 168 g/mol. The van der Waals surface area contributed by atoms with Crippen LogP contribution in [0.3, 0.4) is 0 Å². The molecule has 0 spiro atoms. The Morgan fingerprint density at radius 1 is 1.33 bits per heavy atom. The van der Waals surface area contributed by atoms with Crippen LogP contribution in [0.15, 0.2) is 24.3 Å². The molecule has 0 aliphatic heterocycles. The molecule has 1 aromatic rings. The Kier molecular flexibility index (Phi) is 3.08. The first kappa shape index (κ1) is 9.03. The van der Waals surface area contributed by atoms with Gasteiger partial charge in [0.05, 0.1) is 0 Å². The Bertz CT molecular complexity index is 245. The molecule has 3 nitrogen and oxygen atoms in total. The van der Waals surface area contributed by atoms with Crippen LogP contribution >= 0.6 is 0 Å². The number of benzene rings is 1. The van der Waals surface area contributed by atoms with Gasteiger partial charge in [0.25, 0.3) is 0 Å². The molecule has 3 heteroatoms. The predicted octanol–water partition coefficient (Wildman–Crippen LogP) is 0.896. The summed E-state index contributed by atoms with van der Waals surface area (Å²) in [6, 6.07) is 7.27. The lowest BCUT2D eigenvalue weighted by molar-refractivity contribution is -0.179. The van der Waals surface area contributed by atoms with Gasteiger partial charge in [-0.15, -0.1) is 0 Å². The van der Waals surface area contributed by atoms with Gasteiger partial charge in [-0.1, -0.05) is 25.1 Å². The van der Waals surface area contributed by atoms with Gasteiger partial charge in [-0.05, 0) is 18.1 Å². The van der Waals surface area contributed by atoms with Crippen molar-refractivity contribution in [1.82, 2.24) is 0 Å². The van der Waals surface area contributed by atoms with Crippen LogP contribution in [0.2, 0.25) is 0 Å². The van der Waals surface area contributed by atoms with Crippen molar-refractivity contribution >= 4 is 0 Å². The van der Waals surface area contributed by atoms with Crippen molar-refractivity contribution in [2.75, 3.05) is 0 Å². The third-order valence-corrected chi connectivity index (χ3v) is 1.59. The zero-order valence-corrected chi connectivity index (χ0v) is 6.90. The maximum Gasteiger partial charge on any atom is 0.310 e. The molecule has 66 valence electrons. The highest BCUT2D eigenvalue weighted by atomic mass is 16.7. The van der Waals surface area contributed by atoms with Crippen molar-refractivity contribution < 1.29 is 14.9 Å². The van der Waals surface area contributed by atoms with E-state index in [0.29, 0.717) is 5.75 Å². The lowest BCUT2D eigenvalue weighted by atomic mass is 10.1. The number of aliphatic hydroxyl groups excluding tert-OH is 1. The van der Waals surface area contributed by atoms with Crippen LogP contribution in [0.25, 0.3) is 0 Å². The molecule has 0 saturated heterocycles. The van der Waals surface area contributed by atoms with Crippen molar-refractivity contribution in [2.24, 2.45) is 0 Å². The van der Waals surface area contributed by atoms with Crippen molar-refractivity contribution in [3.8, 4) is 5.75 Å². The molecule has 1 aromatic carbocycles. The normalized spacial score (nSPS) is 10.3. The Balaban J connectivity index is 2.82. The molecule has 12 heavy (non-hydrogen) atoms. The van der Waals surface area contributed by atoms with E-state index in [1.54, 1.807) is 12.1 Å². The van der Waals surface area contributed by atoms with Crippen LogP contribution in [0, 0.1) is 0 Å². The minimum absolute atomic E-state index is 0.523. The Morgan fingerprint density at radius 2 is 2.00 bits per heavy atom. The van der Waals surface area contributed by atoms with Gasteiger partial charge in [0.2, 0.25) is 0 Å². The Hall–Kier alpha value is -1.06. The Labute approximate surface area is 71.2 Å². The standard InChI is InChI=1S/C9H12O3/c1-2-7-5-3-4-6-8(7)12-9(10)11/h3-6,9-11H,2H2,1H3. The van der Waals surface area contributed by atoms with Gasteiger partial charge in [0, 0.05) is 0 Å². The molecule has 0 bridgehead atoms. The fraction of sp³-hybridized carbons (Fsp3) is 0.333.